The molecule has 1 aromatic carbocycles. The number of halogens is 1. The molecule has 106 valence electrons. The first kappa shape index (κ1) is 14.5. The summed E-state index contributed by atoms with van der Waals surface area (Å²) >= 11 is 5.62. The number of aryl methyl sites for hydroxylation is 1. The quantitative estimate of drug-likeness (QED) is 0.340. The van der Waals surface area contributed by atoms with Crippen molar-refractivity contribution < 1.29 is 4.92 Å². The van der Waals surface area contributed by atoms with Gasteiger partial charge in [0.05, 0.1) is 4.92 Å². The third kappa shape index (κ3) is 3.77. The number of nitro groups is 1. The maximum Gasteiger partial charge on any atom is 0.269 e. The predicted molar refractivity (Wildman–Crippen MR) is 76.7 cm³/mol. The number of nitrogens with zero attached hydrogens (tertiary/aromatic N) is 4. The van der Waals surface area contributed by atoms with Crippen LogP contribution in [0.4, 0.5) is 5.69 Å². The lowest BCUT2D eigenvalue weighted by molar-refractivity contribution is -0.384. The molecule has 0 atom stereocenters. The van der Waals surface area contributed by atoms with Crippen LogP contribution in [-0.2, 0) is 6.54 Å². The molecule has 2 aromatic rings. The summed E-state index contributed by atoms with van der Waals surface area (Å²) in [7, 11) is 0. The molecule has 7 heteroatoms. The number of benzene rings is 1. The van der Waals surface area contributed by atoms with Gasteiger partial charge < -0.3 is 0 Å². The zero-order valence-electron chi connectivity index (χ0n) is 10.9. The summed E-state index contributed by atoms with van der Waals surface area (Å²) in [4.78, 5) is 14.4. The van der Waals surface area contributed by atoms with Crippen molar-refractivity contribution >= 4 is 17.3 Å². The number of alkyl halides is 1. The monoisotopic (exact) mass is 294 g/mol. The van der Waals surface area contributed by atoms with Crippen molar-refractivity contribution in [1.82, 2.24) is 14.8 Å². The number of aromatic nitrogens is 3. The highest BCUT2D eigenvalue weighted by molar-refractivity contribution is 6.17. The largest absolute Gasteiger partial charge is 0.269 e. The van der Waals surface area contributed by atoms with Gasteiger partial charge in [-0.25, -0.2) is 4.98 Å². The number of nitro benzene ring substituents is 1. The van der Waals surface area contributed by atoms with E-state index in [-0.39, 0.29) is 5.69 Å². The average molecular weight is 295 g/mol. The highest BCUT2D eigenvalue weighted by atomic mass is 35.5. The first-order chi connectivity index (χ1) is 9.70. The highest BCUT2D eigenvalue weighted by Gasteiger charge is 2.08. The van der Waals surface area contributed by atoms with Gasteiger partial charge in [0.25, 0.3) is 5.69 Å². The Morgan fingerprint density at radius 3 is 2.60 bits per heavy atom. The zero-order valence-corrected chi connectivity index (χ0v) is 11.7. The topological polar surface area (TPSA) is 73.8 Å². The van der Waals surface area contributed by atoms with Gasteiger partial charge >= 0.3 is 0 Å². The number of non-ortho nitro benzene ring substituents is 1. The molecule has 2 rings (SSSR count). The van der Waals surface area contributed by atoms with E-state index in [1.807, 2.05) is 0 Å². The summed E-state index contributed by atoms with van der Waals surface area (Å²) in [6.45, 7) is 0.802. The second-order valence-corrected chi connectivity index (χ2v) is 4.76. The second kappa shape index (κ2) is 7.00. The summed E-state index contributed by atoms with van der Waals surface area (Å²) in [5.74, 6) is 1.27. The lowest BCUT2D eigenvalue weighted by atomic mass is 10.2. The molecular formula is C13H15ClN4O2. The minimum absolute atomic E-state index is 0.0641. The average Bonchev–Trinajstić information content (AvgIpc) is 2.92. The van der Waals surface area contributed by atoms with Crippen LogP contribution in [0.1, 0.15) is 19.3 Å². The predicted octanol–water partition coefficient (Wildman–Crippen LogP) is 3.26. The molecule has 0 aliphatic heterocycles. The maximum atomic E-state index is 10.6. The molecule has 0 aliphatic rings. The van der Waals surface area contributed by atoms with Crippen molar-refractivity contribution in [3.63, 3.8) is 0 Å². The third-order valence-electron chi connectivity index (χ3n) is 2.89. The van der Waals surface area contributed by atoms with Gasteiger partial charge in [-0.05, 0) is 25.0 Å². The molecule has 0 fully saturated rings. The van der Waals surface area contributed by atoms with E-state index >= 15 is 0 Å². The first-order valence-corrected chi connectivity index (χ1v) is 6.94. The standard InChI is InChI=1S/C13H15ClN4O2/c14-8-2-1-3-9-17-10-15-13(16-17)11-4-6-12(7-5-11)18(19)20/h4-7,10H,1-3,8-9H2. The fraction of sp³-hybridized carbons (Fsp3) is 0.385. The second-order valence-electron chi connectivity index (χ2n) is 4.38. The molecule has 0 spiro atoms. The molecule has 0 unspecified atom stereocenters. The molecule has 0 saturated carbocycles. The molecule has 0 saturated heterocycles. The van der Waals surface area contributed by atoms with E-state index in [0.717, 1.165) is 31.4 Å². The van der Waals surface area contributed by atoms with Crippen LogP contribution in [0.25, 0.3) is 11.4 Å². The van der Waals surface area contributed by atoms with E-state index in [4.69, 9.17) is 11.6 Å². The van der Waals surface area contributed by atoms with Gasteiger partial charge in [0.15, 0.2) is 5.82 Å². The van der Waals surface area contributed by atoms with Gasteiger partial charge in [0, 0.05) is 30.1 Å². The van der Waals surface area contributed by atoms with Crippen molar-refractivity contribution in [2.24, 2.45) is 0 Å². The maximum absolute atomic E-state index is 10.6. The van der Waals surface area contributed by atoms with E-state index in [1.165, 1.54) is 12.1 Å². The van der Waals surface area contributed by atoms with E-state index in [9.17, 15) is 10.1 Å². The molecule has 1 aromatic heterocycles. The van der Waals surface area contributed by atoms with E-state index in [0.29, 0.717) is 11.7 Å². The SMILES string of the molecule is O=[N+]([O-])c1ccc(-c2ncn(CCCCCCl)n2)cc1. The molecule has 0 radical (unpaired) electrons. The molecule has 1 heterocycles. The van der Waals surface area contributed by atoms with Crippen molar-refractivity contribution in [2.45, 2.75) is 25.8 Å². The van der Waals surface area contributed by atoms with Crippen LogP contribution < -0.4 is 0 Å². The van der Waals surface area contributed by atoms with Crippen LogP contribution in [0, 0.1) is 10.1 Å². The summed E-state index contributed by atoms with van der Waals surface area (Å²) in [6.07, 6.45) is 4.76. The van der Waals surface area contributed by atoms with Crippen molar-refractivity contribution in [2.75, 3.05) is 5.88 Å². The van der Waals surface area contributed by atoms with Crippen LogP contribution in [0.5, 0.6) is 0 Å². The summed E-state index contributed by atoms with van der Waals surface area (Å²) in [5, 5.41) is 14.9. The fourth-order valence-electron chi connectivity index (χ4n) is 1.81. The Morgan fingerprint density at radius 1 is 1.20 bits per heavy atom. The van der Waals surface area contributed by atoms with Crippen LogP contribution in [0.3, 0.4) is 0 Å². The first-order valence-electron chi connectivity index (χ1n) is 6.41. The van der Waals surface area contributed by atoms with Gasteiger partial charge in [-0.15, -0.1) is 11.6 Å². The molecule has 0 aliphatic carbocycles. The summed E-state index contributed by atoms with van der Waals surface area (Å²) in [6, 6.07) is 6.23. The number of unbranched alkanes of at least 4 members (excludes halogenated alkanes) is 2. The van der Waals surface area contributed by atoms with Crippen molar-refractivity contribution in [3.8, 4) is 11.4 Å². The zero-order chi connectivity index (χ0) is 14.4. The summed E-state index contributed by atoms with van der Waals surface area (Å²) < 4.78 is 1.78. The van der Waals surface area contributed by atoms with Crippen LogP contribution in [0.15, 0.2) is 30.6 Å². The van der Waals surface area contributed by atoms with Gasteiger partial charge in [-0.2, -0.15) is 5.10 Å². The molecule has 0 amide bonds. The molecule has 0 N–H and O–H groups in total. The normalized spacial score (nSPS) is 10.7. The number of rotatable bonds is 7. The van der Waals surface area contributed by atoms with E-state index < -0.39 is 4.92 Å². The van der Waals surface area contributed by atoms with Crippen LogP contribution in [-0.4, -0.2) is 25.6 Å². The molecule has 0 bridgehead atoms. The summed E-state index contributed by atoms with van der Waals surface area (Å²) in [5.41, 5.74) is 0.837. The van der Waals surface area contributed by atoms with Gasteiger partial charge in [0.2, 0.25) is 0 Å². The van der Waals surface area contributed by atoms with E-state index in [1.54, 1.807) is 23.1 Å². The van der Waals surface area contributed by atoms with Gasteiger partial charge in [0.1, 0.15) is 6.33 Å². The van der Waals surface area contributed by atoms with Crippen molar-refractivity contribution in [3.05, 3.63) is 40.7 Å². The van der Waals surface area contributed by atoms with Crippen LogP contribution >= 0.6 is 11.6 Å². The fourth-order valence-corrected chi connectivity index (χ4v) is 2.00. The van der Waals surface area contributed by atoms with Crippen molar-refractivity contribution in [1.29, 1.82) is 0 Å². The number of hydrogen-bond acceptors (Lipinski definition) is 4. The van der Waals surface area contributed by atoms with Crippen LogP contribution in [0.2, 0.25) is 0 Å². The lowest BCUT2D eigenvalue weighted by Gasteiger charge is -1.99. The smallest absolute Gasteiger partial charge is 0.258 e. The Hall–Kier alpha value is -1.95. The molecule has 20 heavy (non-hydrogen) atoms. The van der Waals surface area contributed by atoms with E-state index in [2.05, 4.69) is 10.1 Å². The third-order valence-corrected chi connectivity index (χ3v) is 3.16. The van der Waals surface area contributed by atoms with Gasteiger partial charge in [-0.3, -0.25) is 14.8 Å². The highest BCUT2D eigenvalue weighted by Crippen LogP contribution is 2.18. The Morgan fingerprint density at radius 2 is 1.95 bits per heavy atom. The lowest BCUT2D eigenvalue weighted by Crippen LogP contribution is -1.99. The Labute approximate surface area is 121 Å². The minimum atomic E-state index is -0.424. The number of hydrogen-bond donors (Lipinski definition) is 0. The molecular weight excluding hydrogens is 280 g/mol. The molecule has 6 nitrogen and oxygen atoms in total. The Kier molecular flexibility index (Phi) is 5.06. The Bertz CT molecular complexity index is 568. The Balaban J connectivity index is 1.99. The van der Waals surface area contributed by atoms with Gasteiger partial charge in [-0.1, -0.05) is 6.42 Å². The minimum Gasteiger partial charge on any atom is -0.258 e.